The Hall–Kier alpha value is -2.69. The Morgan fingerprint density at radius 3 is 2.41 bits per heavy atom. The zero-order valence-electron chi connectivity index (χ0n) is 12.4. The van der Waals surface area contributed by atoms with E-state index in [1.165, 1.54) is 6.07 Å². The molecular formula is C17H17FN2O2. The Kier molecular flexibility index (Phi) is 4.88. The molecule has 1 atom stereocenters. The third-order valence-electron chi connectivity index (χ3n) is 3.22. The van der Waals surface area contributed by atoms with Crippen molar-refractivity contribution in [2.75, 3.05) is 5.32 Å². The molecule has 0 fully saturated rings. The van der Waals surface area contributed by atoms with E-state index < -0.39 is 17.8 Å². The molecule has 0 bridgehead atoms. The standard InChI is InChI=1S/C17H17FN2O2/c1-11-8-9-14(10-15(11)18)20-16(21)12(2)19-17(22)13-6-4-3-5-7-13/h3-10,12H,1-2H3,(H,19,22)(H,20,21). The van der Waals surface area contributed by atoms with Crippen LogP contribution in [0.2, 0.25) is 0 Å². The fourth-order valence-corrected chi connectivity index (χ4v) is 1.86. The van der Waals surface area contributed by atoms with Gasteiger partial charge in [0.1, 0.15) is 11.9 Å². The molecule has 2 aromatic carbocycles. The van der Waals surface area contributed by atoms with E-state index in [2.05, 4.69) is 10.6 Å². The fraction of sp³-hybridized carbons (Fsp3) is 0.176. The smallest absolute Gasteiger partial charge is 0.251 e. The van der Waals surface area contributed by atoms with Crippen molar-refractivity contribution in [3.63, 3.8) is 0 Å². The van der Waals surface area contributed by atoms with E-state index in [1.54, 1.807) is 56.3 Å². The Labute approximate surface area is 128 Å². The molecule has 2 N–H and O–H groups in total. The highest BCUT2D eigenvalue weighted by atomic mass is 19.1. The zero-order valence-corrected chi connectivity index (χ0v) is 12.4. The number of halogens is 1. The summed E-state index contributed by atoms with van der Waals surface area (Å²) in [7, 11) is 0. The Morgan fingerprint density at radius 2 is 1.77 bits per heavy atom. The second kappa shape index (κ2) is 6.85. The molecule has 114 valence electrons. The van der Waals surface area contributed by atoms with Crippen molar-refractivity contribution >= 4 is 17.5 Å². The van der Waals surface area contributed by atoms with Crippen LogP contribution in [0.1, 0.15) is 22.8 Å². The maximum Gasteiger partial charge on any atom is 0.251 e. The van der Waals surface area contributed by atoms with Gasteiger partial charge in [-0.15, -0.1) is 0 Å². The first kappa shape index (κ1) is 15.7. The highest BCUT2D eigenvalue weighted by molar-refractivity contribution is 6.00. The molecule has 0 radical (unpaired) electrons. The van der Waals surface area contributed by atoms with Crippen LogP contribution in [0.5, 0.6) is 0 Å². The molecule has 2 rings (SSSR count). The maximum absolute atomic E-state index is 13.4. The molecule has 0 heterocycles. The molecule has 0 saturated carbocycles. The number of nitrogens with one attached hydrogen (secondary N) is 2. The van der Waals surface area contributed by atoms with E-state index in [0.717, 1.165) is 0 Å². The molecule has 2 aromatic rings. The first-order valence-electron chi connectivity index (χ1n) is 6.90. The predicted octanol–water partition coefficient (Wildman–Crippen LogP) is 2.89. The van der Waals surface area contributed by atoms with Crippen LogP contribution < -0.4 is 10.6 Å². The molecule has 0 aliphatic rings. The lowest BCUT2D eigenvalue weighted by Crippen LogP contribution is -2.41. The van der Waals surface area contributed by atoms with Gasteiger partial charge in [0.25, 0.3) is 5.91 Å². The van der Waals surface area contributed by atoms with Gasteiger partial charge in [-0.2, -0.15) is 0 Å². The Morgan fingerprint density at radius 1 is 1.09 bits per heavy atom. The number of hydrogen-bond acceptors (Lipinski definition) is 2. The molecule has 4 nitrogen and oxygen atoms in total. The first-order valence-corrected chi connectivity index (χ1v) is 6.90. The van der Waals surface area contributed by atoms with Gasteiger partial charge in [-0.3, -0.25) is 9.59 Å². The molecule has 5 heteroatoms. The minimum atomic E-state index is -0.739. The van der Waals surface area contributed by atoms with Crippen LogP contribution in [0.4, 0.5) is 10.1 Å². The number of carbonyl (C=O) groups excluding carboxylic acids is 2. The van der Waals surface area contributed by atoms with Gasteiger partial charge in [0, 0.05) is 11.3 Å². The van der Waals surface area contributed by atoms with E-state index in [1.807, 2.05) is 0 Å². The van der Waals surface area contributed by atoms with Gasteiger partial charge in [-0.05, 0) is 43.7 Å². The van der Waals surface area contributed by atoms with Gasteiger partial charge in [0.2, 0.25) is 5.91 Å². The van der Waals surface area contributed by atoms with Gasteiger partial charge >= 0.3 is 0 Å². The number of carbonyl (C=O) groups is 2. The van der Waals surface area contributed by atoms with Crippen LogP contribution in [-0.4, -0.2) is 17.9 Å². The topological polar surface area (TPSA) is 58.2 Å². The van der Waals surface area contributed by atoms with Crippen LogP contribution in [0, 0.1) is 12.7 Å². The van der Waals surface area contributed by atoms with E-state index in [-0.39, 0.29) is 5.91 Å². The Balaban J connectivity index is 1.97. The van der Waals surface area contributed by atoms with Crippen molar-refractivity contribution in [3.8, 4) is 0 Å². The predicted molar refractivity (Wildman–Crippen MR) is 83.1 cm³/mol. The van der Waals surface area contributed by atoms with Crippen molar-refractivity contribution in [3.05, 3.63) is 65.5 Å². The molecule has 22 heavy (non-hydrogen) atoms. The van der Waals surface area contributed by atoms with Crippen molar-refractivity contribution in [1.82, 2.24) is 5.32 Å². The summed E-state index contributed by atoms with van der Waals surface area (Å²) in [6, 6.07) is 12.3. The second-order valence-corrected chi connectivity index (χ2v) is 5.01. The first-order chi connectivity index (χ1) is 10.5. The van der Waals surface area contributed by atoms with Gasteiger partial charge in [0.05, 0.1) is 0 Å². The highest BCUT2D eigenvalue weighted by Crippen LogP contribution is 2.13. The molecule has 2 amide bonds. The zero-order chi connectivity index (χ0) is 16.1. The summed E-state index contributed by atoms with van der Waals surface area (Å²) in [5.74, 6) is -1.13. The number of anilines is 1. The molecular weight excluding hydrogens is 283 g/mol. The number of amides is 2. The van der Waals surface area contributed by atoms with Crippen LogP contribution >= 0.6 is 0 Å². The maximum atomic E-state index is 13.4. The van der Waals surface area contributed by atoms with E-state index in [0.29, 0.717) is 16.8 Å². The van der Waals surface area contributed by atoms with E-state index in [9.17, 15) is 14.0 Å². The highest BCUT2D eigenvalue weighted by Gasteiger charge is 2.16. The summed E-state index contributed by atoms with van der Waals surface area (Å²) < 4.78 is 13.4. The SMILES string of the molecule is Cc1ccc(NC(=O)C(C)NC(=O)c2ccccc2)cc1F. The molecule has 0 aliphatic heterocycles. The van der Waals surface area contributed by atoms with Crippen LogP contribution in [0.3, 0.4) is 0 Å². The van der Waals surface area contributed by atoms with Crippen molar-refractivity contribution in [2.24, 2.45) is 0 Å². The summed E-state index contributed by atoms with van der Waals surface area (Å²) in [5, 5.41) is 5.17. The Bertz CT molecular complexity index is 686. The monoisotopic (exact) mass is 300 g/mol. The summed E-state index contributed by atoms with van der Waals surface area (Å²) in [6.45, 7) is 3.21. The minimum Gasteiger partial charge on any atom is -0.341 e. The number of rotatable bonds is 4. The average Bonchev–Trinajstić information content (AvgIpc) is 2.51. The summed E-state index contributed by atoms with van der Waals surface area (Å²) in [5.41, 5.74) is 1.33. The van der Waals surface area contributed by atoms with E-state index >= 15 is 0 Å². The lowest BCUT2D eigenvalue weighted by atomic mass is 10.2. The van der Waals surface area contributed by atoms with Crippen LogP contribution in [0.15, 0.2) is 48.5 Å². The molecule has 1 unspecified atom stereocenters. The lowest BCUT2D eigenvalue weighted by molar-refractivity contribution is -0.117. The summed E-state index contributed by atoms with van der Waals surface area (Å²) >= 11 is 0. The number of hydrogen-bond donors (Lipinski definition) is 2. The van der Waals surface area contributed by atoms with Gasteiger partial charge < -0.3 is 10.6 Å². The largest absolute Gasteiger partial charge is 0.341 e. The van der Waals surface area contributed by atoms with E-state index in [4.69, 9.17) is 0 Å². The van der Waals surface area contributed by atoms with Gasteiger partial charge in [-0.1, -0.05) is 24.3 Å². The average molecular weight is 300 g/mol. The minimum absolute atomic E-state index is 0.335. The summed E-state index contributed by atoms with van der Waals surface area (Å²) in [6.07, 6.45) is 0. The van der Waals surface area contributed by atoms with Crippen molar-refractivity contribution < 1.29 is 14.0 Å². The number of benzene rings is 2. The second-order valence-electron chi connectivity index (χ2n) is 5.01. The molecule has 0 aromatic heterocycles. The van der Waals surface area contributed by atoms with Crippen molar-refractivity contribution in [1.29, 1.82) is 0 Å². The lowest BCUT2D eigenvalue weighted by Gasteiger charge is -2.14. The van der Waals surface area contributed by atoms with Crippen LogP contribution in [0.25, 0.3) is 0 Å². The molecule has 0 aliphatic carbocycles. The third kappa shape index (κ3) is 3.91. The molecule has 0 saturated heterocycles. The molecule has 0 spiro atoms. The van der Waals surface area contributed by atoms with Gasteiger partial charge in [-0.25, -0.2) is 4.39 Å². The van der Waals surface area contributed by atoms with Crippen molar-refractivity contribution in [2.45, 2.75) is 19.9 Å². The summed E-state index contributed by atoms with van der Waals surface area (Å²) in [4.78, 5) is 24.0. The quantitative estimate of drug-likeness (QED) is 0.912. The normalized spacial score (nSPS) is 11.6. The van der Waals surface area contributed by atoms with Crippen LogP contribution in [-0.2, 0) is 4.79 Å². The van der Waals surface area contributed by atoms with Gasteiger partial charge in [0.15, 0.2) is 0 Å². The third-order valence-corrected chi connectivity index (χ3v) is 3.22. The fourth-order valence-electron chi connectivity index (χ4n) is 1.86. The number of aryl methyl sites for hydroxylation is 1.